The van der Waals surface area contributed by atoms with Gasteiger partial charge < -0.3 is 10.1 Å². The topological polar surface area (TPSA) is 78.9 Å². The van der Waals surface area contributed by atoms with Crippen molar-refractivity contribution in [2.75, 3.05) is 0 Å². The summed E-state index contributed by atoms with van der Waals surface area (Å²) >= 11 is 0. The van der Waals surface area contributed by atoms with Crippen LogP contribution in [0.5, 0.6) is 0 Å². The normalized spacial score (nSPS) is 16.6. The fourth-order valence-electron chi connectivity index (χ4n) is 3.07. The quantitative estimate of drug-likeness (QED) is 0.896. The first kappa shape index (κ1) is 13.1. The van der Waals surface area contributed by atoms with Crippen molar-refractivity contribution in [3.63, 3.8) is 0 Å². The zero-order valence-electron chi connectivity index (χ0n) is 11.4. The number of aromatic amines is 1. The molecular formula is C15H19N3O2. The number of aromatic nitrogens is 3. The molecule has 0 aliphatic heterocycles. The molecule has 0 spiro atoms. The van der Waals surface area contributed by atoms with Crippen LogP contribution < -0.4 is 0 Å². The van der Waals surface area contributed by atoms with Gasteiger partial charge in [-0.2, -0.15) is 0 Å². The van der Waals surface area contributed by atoms with Crippen LogP contribution in [0.25, 0.3) is 11.2 Å². The van der Waals surface area contributed by atoms with Crippen molar-refractivity contribution < 1.29 is 9.90 Å². The van der Waals surface area contributed by atoms with E-state index in [1.54, 1.807) is 0 Å². The van der Waals surface area contributed by atoms with Crippen LogP contribution in [0.3, 0.4) is 0 Å². The van der Waals surface area contributed by atoms with Gasteiger partial charge in [0.15, 0.2) is 5.65 Å². The van der Waals surface area contributed by atoms with Gasteiger partial charge in [-0.3, -0.25) is 0 Å². The molecule has 0 amide bonds. The summed E-state index contributed by atoms with van der Waals surface area (Å²) in [5, 5.41) is 9.15. The van der Waals surface area contributed by atoms with Crippen molar-refractivity contribution in [3.05, 3.63) is 23.7 Å². The van der Waals surface area contributed by atoms with Gasteiger partial charge >= 0.3 is 5.97 Å². The Labute approximate surface area is 117 Å². The Kier molecular flexibility index (Phi) is 3.67. The fraction of sp³-hybridized carbons (Fsp3) is 0.533. The van der Waals surface area contributed by atoms with E-state index in [1.165, 1.54) is 44.4 Å². The highest BCUT2D eigenvalue weighted by Gasteiger charge is 2.16. The third kappa shape index (κ3) is 2.66. The van der Waals surface area contributed by atoms with Crippen LogP contribution in [0.4, 0.5) is 0 Å². The highest BCUT2D eigenvalue weighted by atomic mass is 16.4. The summed E-state index contributed by atoms with van der Waals surface area (Å²) in [6.07, 6.45) is 10.2. The first-order valence-electron chi connectivity index (χ1n) is 7.31. The van der Waals surface area contributed by atoms with Crippen LogP contribution in [-0.4, -0.2) is 26.0 Å². The van der Waals surface area contributed by atoms with Crippen molar-refractivity contribution in [1.29, 1.82) is 0 Å². The molecule has 2 aromatic heterocycles. The van der Waals surface area contributed by atoms with Crippen molar-refractivity contribution in [1.82, 2.24) is 15.0 Å². The highest BCUT2D eigenvalue weighted by Crippen LogP contribution is 2.27. The summed E-state index contributed by atoms with van der Waals surface area (Å²) in [6.45, 7) is 0. The molecule has 0 unspecified atom stereocenters. The lowest BCUT2D eigenvalue weighted by Crippen LogP contribution is -2.07. The zero-order valence-corrected chi connectivity index (χ0v) is 11.4. The minimum Gasteiger partial charge on any atom is -0.478 e. The van der Waals surface area contributed by atoms with E-state index in [1.807, 2.05) is 0 Å². The molecule has 1 aliphatic carbocycles. The lowest BCUT2D eigenvalue weighted by Gasteiger charge is -2.20. The molecule has 2 aromatic rings. The third-order valence-electron chi connectivity index (χ3n) is 4.19. The molecule has 2 N–H and O–H groups in total. The van der Waals surface area contributed by atoms with E-state index in [0.29, 0.717) is 11.2 Å². The maximum atomic E-state index is 11.2. The summed E-state index contributed by atoms with van der Waals surface area (Å²) in [5.74, 6) is 0.704. The third-order valence-corrected chi connectivity index (χ3v) is 4.19. The predicted octanol–water partition coefficient (Wildman–Crippen LogP) is 3.17. The Balaban J connectivity index is 1.75. The van der Waals surface area contributed by atoms with Crippen LogP contribution in [0.15, 0.2) is 12.3 Å². The first-order valence-corrected chi connectivity index (χ1v) is 7.31. The summed E-state index contributed by atoms with van der Waals surface area (Å²) in [7, 11) is 0. The van der Waals surface area contributed by atoms with Gasteiger partial charge in [0.2, 0.25) is 0 Å². The number of pyridine rings is 1. The van der Waals surface area contributed by atoms with E-state index in [4.69, 9.17) is 5.11 Å². The van der Waals surface area contributed by atoms with E-state index < -0.39 is 5.97 Å². The number of carbonyl (C=O) groups is 1. The first-order chi connectivity index (χ1) is 9.74. The average Bonchev–Trinajstić information content (AvgIpc) is 2.88. The second kappa shape index (κ2) is 5.61. The molecule has 5 heteroatoms. The van der Waals surface area contributed by atoms with Crippen LogP contribution in [0.2, 0.25) is 0 Å². The molecule has 0 atom stereocenters. The van der Waals surface area contributed by atoms with Gasteiger partial charge in [-0.1, -0.05) is 32.1 Å². The SMILES string of the molecule is O=C(O)c1ccnc2nc(CCC3CCCCC3)[nH]c12. The van der Waals surface area contributed by atoms with E-state index >= 15 is 0 Å². The minimum atomic E-state index is -0.945. The van der Waals surface area contributed by atoms with Crippen molar-refractivity contribution in [2.24, 2.45) is 5.92 Å². The monoisotopic (exact) mass is 273 g/mol. The molecule has 1 saturated carbocycles. The number of nitrogens with zero attached hydrogens (tertiary/aromatic N) is 2. The number of hydrogen-bond donors (Lipinski definition) is 2. The zero-order chi connectivity index (χ0) is 13.9. The van der Waals surface area contributed by atoms with E-state index in [0.717, 1.165) is 24.6 Å². The number of H-pyrrole nitrogens is 1. The largest absolute Gasteiger partial charge is 0.478 e. The maximum absolute atomic E-state index is 11.2. The number of hydrogen-bond acceptors (Lipinski definition) is 3. The number of nitrogens with one attached hydrogen (secondary N) is 1. The molecule has 0 bridgehead atoms. The Hall–Kier alpha value is -1.91. The van der Waals surface area contributed by atoms with Crippen molar-refractivity contribution in [2.45, 2.75) is 44.9 Å². The molecule has 2 heterocycles. The summed E-state index contributed by atoms with van der Waals surface area (Å²) in [4.78, 5) is 22.8. The average molecular weight is 273 g/mol. The van der Waals surface area contributed by atoms with Crippen molar-refractivity contribution >= 4 is 17.1 Å². The second-order valence-electron chi connectivity index (χ2n) is 5.59. The maximum Gasteiger partial charge on any atom is 0.338 e. The Morgan fingerprint density at radius 2 is 2.15 bits per heavy atom. The van der Waals surface area contributed by atoms with Gasteiger partial charge in [-0.25, -0.2) is 14.8 Å². The second-order valence-corrected chi connectivity index (χ2v) is 5.59. The Bertz CT molecular complexity index is 615. The minimum absolute atomic E-state index is 0.242. The summed E-state index contributed by atoms with van der Waals surface area (Å²) in [5.41, 5.74) is 1.29. The Morgan fingerprint density at radius 1 is 1.35 bits per heavy atom. The van der Waals surface area contributed by atoms with Gasteiger partial charge in [0, 0.05) is 12.6 Å². The number of imidazole rings is 1. The molecule has 20 heavy (non-hydrogen) atoms. The van der Waals surface area contributed by atoms with Gasteiger partial charge in [-0.15, -0.1) is 0 Å². The van der Waals surface area contributed by atoms with Gasteiger partial charge in [0.05, 0.1) is 11.1 Å². The number of aryl methyl sites for hydroxylation is 1. The van der Waals surface area contributed by atoms with Gasteiger partial charge in [0.25, 0.3) is 0 Å². The fourth-order valence-corrected chi connectivity index (χ4v) is 3.07. The molecule has 0 radical (unpaired) electrons. The van der Waals surface area contributed by atoms with E-state index in [-0.39, 0.29) is 5.56 Å². The van der Waals surface area contributed by atoms with E-state index in [2.05, 4.69) is 15.0 Å². The number of aromatic carboxylic acids is 1. The number of carboxylic acid groups (broad SMARTS) is 1. The molecule has 3 rings (SSSR count). The summed E-state index contributed by atoms with van der Waals surface area (Å²) < 4.78 is 0. The number of fused-ring (bicyclic) bond motifs is 1. The Morgan fingerprint density at radius 3 is 2.90 bits per heavy atom. The molecule has 1 fully saturated rings. The molecule has 0 saturated heterocycles. The standard InChI is InChI=1S/C15H19N3O2/c19-15(20)11-8-9-16-14-13(11)17-12(18-14)7-6-10-4-2-1-3-5-10/h8-10H,1-7H2,(H,19,20)(H,16,17,18). The molecule has 106 valence electrons. The molecule has 5 nitrogen and oxygen atoms in total. The van der Waals surface area contributed by atoms with Crippen LogP contribution >= 0.6 is 0 Å². The predicted molar refractivity (Wildman–Crippen MR) is 75.7 cm³/mol. The van der Waals surface area contributed by atoms with Gasteiger partial charge in [-0.05, 0) is 18.4 Å². The lowest BCUT2D eigenvalue weighted by molar-refractivity contribution is 0.0698. The highest BCUT2D eigenvalue weighted by molar-refractivity contribution is 5.99. The number of rotatable bonds is 4. The number of carboxylic acids is 1. The smallest absolute Gasteiger partial charge is 0.338 e. The molecule has 0 aromatic carbocycles. The molecular weight excluding hydrogens is 254 g/mol. The van der Waals surface area contributed by atoms with E-state index in [9.17, 15) is 4.79 Å². The van der Waals surface area contributed by atoms with Crippen LogP contribution in [-0.2, 0) is 6.42 Å². The summed E-state index contributed by atoms with van der Waals surface area (Å²) in [6, 6.07) is 1.51. The van der Waals surface area contributed by atoms with Gasteiger partial charge in [0.1, 0.15) is 5.82 Å². The van der Waals surface area contributed by atoms with Crippen LogP contribution in [0.1, 0.15) is 54.7 Å². The lowest BCUT2D eigenvalue weighted by atomic mass is 9.86. The van der Waals surface area contributed by atoms with Crippen LogP contribution in [0, 0.1) is 5.92 Å². The van der Waals surface area contributed by atoms with Crippen molar-refractivity contribution in [3.8, 4) is 0 Å². The molecule has 1 aliphatic rings.